The van der Waals surface area contributed by atoms with Crippen molar-refractivity contribution in [3.63, 3.8) is 0 Å². The third kappa shape index (κ3) is 4.02. The number of hydrogen-bond donors (Lipinski definition) is 3. The van der Waals surface area contributed by atoms with E-state index < -0.39 is 7.37 Å². The largest absolute Gasteiger partial charge is 0.397 e. The Morgan fingerprint density at radius 1 is 0.962 bits per heavy atom. The van der Waals surface area contributed by atoms with Crippen molar-refractivity contribution < 1.29 is 14.3 Å². The molecule has 132 valence electrons. The molecular formula is C20H19N2O3P. The first-order valence-corrected chi connectivity index (χ1v) is 10.1. The number of nitrogen functional groups attached to an aromatic ring is 1. The van der Waals surface area contributed by atoms with Crippen LogP contribution >= 0.6 is 7.37 Å². The summed E-state index contributed by atoms with van der Waals surface area (Å²) >= 11 is 0. The first kappa shape index (κ1) is 17.9. The van der Waals surface area contributed by atoms with Gasteiger partial charge in [-0.2, -0.15) is 0 Å². The van der Waals surface area contributed by atoms with Crippen molar-refractivity contribution in [1.29, 1.82) is 0 Å². The first-order chi connectivity index (χ1) is 12.3. The summed E-state index contributed by atoms with van der Waals surface area (Å²) in [4.78, 5) is 22.0. The number of carbonyl (C=O) groups excluding carboxylic acids is 1. The summed E-state index contributed by atoms with van der Waals surface area (Å²) in [6.07, 6.45) is 0. The van der Waals surface area contributed by atoms with Crippen LogP contribution in [-0.2, 0) is 4.57 Å². The van der Waals surface area contributed by atoms with Crippen LogP contribution in [0.5, 0.6) is 0 Å². The molecule has 0 radical (unpaired) electrons. The van der Waals surface area contributed by atoms with E-state index in [1.54, 1.807) is 6.07 Å². The molecule has 0 spiro atoms. The van der Waals surface area contributed by atoms with Crippen molar-refractivity contribution in [2.24, 2.45) is 0 Å². The van der Waals surface area contributed by atoms with Gasteiger partial charge in [0.05, 0.1) is 11.4 Å². The van der Waals surface area contributed by atoms with Crippen molar-refractivity contribution >= 4 is 30.0 Å². The molecule has 3 rings (SSSR count). The predicted molar refractivity (Wildman–Crippen MR) is 106 cm³/mol. The fourth-order valence-corrected chi connectivity index (χ4v) is 3.26. The maximum absolute atomic E-state index is 12.5. The van der Waals surface area contributed by atoms with Crippen LogP contribution < -0.4 is 16.4 Å². The molecule has 0 fully saturated rings. The summed E-state index contributed by atoms with van der Waals surface area (Å²) in [5.74, 6) is -0.336. The molecule has 1 amide bonds. The molecule has 0 bridgehead atoms. The molecule has 5 nitrogen and oxygen atoms in total. The number of nitrogens with one attached hydrogen (secondary N) is 1. The van der Waals surface area contributed by atoms with Crippen molar-refractivity contribution in [3.05, 3.63) is 78.4 Å². The molecule has 0 heterocycles. The van der Waals surface area contributed by atoms with Gasteiger partial charge in [-0.25, -0.2) is 0 Å². The van der Waals surface area contributed by atoms with Gasteiger partial charge in [0.1, 0.15) is 0 Å². The van der Waals surface area contributed by atoms with Crippen LogP contribution in [0.4, 0.5) is 11.4 Å². The van der Waals surface area contributed by atoms with Crippen LogP contribution in [0.2, 0.25) is 0 Å². The van der Waals surface area contributed by atoms with Gasteiger partial charge in [0.25, 0.3) is 5.91 Å². The van der Waals surface area contributed by atoms with Crippen LogP contribution in [-0.4, -0.2) is 17.5 Å². The molecule has 6 heteroatoms. The maximum Gasteiger partial charge on any atom is 0.255 e. The Hall–Kier alpha value is -2.88. The van der Waals surface area contributed by atoms with Gasteiger partial charge in [-0.05, 0) is 47.5 Å². The van der Waals surface area contributed by atoms with Crippen LogP contribution in [0.15, 0.2) is 72.8 Å². The minimum atomic E-state index is -3.33. The fraction of sp³-hybridized carbons (Fsp3) is 0.0500. The van der Waals surface area contributed by atoms with Gasteiger partial charge < -0.3 is 15.9 Å². The highest BCUT2D eigenvalue weighted by Crippen LogP contribution is 2.33. The normalized spacial score (nSPS) is 13.0. The molecule has 0 aliphatic rings. The average Bonchev–Trinajstić information content (AvgIpc) is 2.63. The van der Waals surface area contributed by atoms with E-state index >= 15 is 0 Å². The Morgan fingerprint density at radius 3 is 2.23 bits per heavy atom. The number of hydrogen-bond acceptors (Lipinski definition) is 3. The van der Waals surface area contributed by atoms with E-state index in [1.165, 1.54) is 30.9 Å². The second-order valence-corrected chi connectivity index (χ2v) is 8.32. The van der Waals surface area contributed by atoms with Crippen LogP contribution in [0.1, 0.15) is 10.4 Å². The Labute approximate surface area is 151 Å². The number of anilines is 2. The summed E-state index contributed by atoms with van der Waals surface area (Å²) in [6.45, 7) is 1.26. The van der Waals surface area contributed by atoms with Crippen molar-refractivity contribution in [1.82, 2.24) is 0 Å². The Morgan fingerprint density at radius 2 is 1.62 bits per heavy atom. The Balaban J connectivity index is 1.84. The van der Waals surface area contributed by atoms with Crippen molar-refractivity contribution in [2.75, 3.05) is 17.7 Å². The predicted octanol–water partition coefficient (Wildman–Crippen LogP) is 3.71. The number of rotatable bonds is 4. The molecule has 0 saturated heterocycles. The lowest BCUT2D eigenvalue weighted by molar-refractivity contribution is 0.102. The minimum absolute atomic E-state index is 0.305. The van der Waals surface area contributed by atoms with E-state index in [0.717, 1.165) is 11.1 Å². The zero-order valence-electron chi connectivity index (χ0n) is 14.2. The van der Waals surface area contributed by atoms with Gasteiger partial charge in [0, 0.05) is 17.5 Å². The van der Waals surface area contributed by atoms with Gasteiger partial charge in [-0.15, -0.1) is 0 Å². The van der Waals surface area contributed by atoms with Gasteiger partial charge in [-0.3, -0.25) is 9.36 Å². The highest BCUT2D eigenvalue weighted by Gasteiger charge is 2.15. The van der Waals surface area contributed by atoms with E-state index in [-0.39, 0.29) is 5.91 Å². The molecule has 0 aliphatic carbocycles. The van der Waals surface area contributed by atoms with Gasteiger partial charge in [0.15, 0.2) is 0 Å². The molecule has 3 aromatic carbocycles. The molecule has 3 aromatic rings. The van der Waals surface area contributed by atoms with Gasteiger partial charge in [-0.1, -0.05) is 36.4 Å². The number of benzene rings is 3. The summed E-state index contributed by atoms with van der Waals surface area (Å²) < 4.78 is 11.6. The van der Waals surface area contributed by atoms with E-state index in [4.69, 9.17) is 5.73 Å². The average molecular weight is 366 g/mol. The van der Waals surface area contributed by atoms with Gasteiger partial charge in [0.2, 0.25) is 7.37 Å². The summed E-state index contributed by atoms with van der Waals surface area (Å²) in [6, 6.07) is 21.3. The van der Waals surface area contributed by atoms with E-state index in [0.29, 0.717) is 22.2 Å². The quantitative estimate of drug-likeness (QED) is 0.485. The lowest BCUT2D eigenvalue weighted by atomic mass is 10.0. The van der Waals surface area contributed by atoms with Crippen LogP contribution in [0.25, 0.3) is 11.1 Å². The van der Waals surface area contributed by atoms with Crippen LogP contribution in [0.3, 0.4) is 0 Å². The van der Waals surface area contributed by atoms with Crippen molar-refractivity contribution in [3.8, 4) is 11.1 Å². The fourth-order valence-electron chi connectivity index (χ4n) is 2.56. The molecule has 1 atom stereocenters. The zero-order valence-corrected chi connectivity index (χ0v) is 15.1. The third-order valence-corrected chi connectivity index (χ3v) is 5.27. The SMILES string of the molecule is CP(=O)(O)c1ccc(C(=O)Nc2cc(-c3ccccc3)ccc2N)cc1. The lowest BCUT2D eigenvalue weighted by Gasteiger charge is -2.11. The number of amides is 1. The second kappa shape index (κ2) is 7.16. The second-order valence-electron chi connectivity index (χ2n) is 6.05. The monoisotopic (exact) mass is 366 g/mol. The highest BCUT2D eigenvalue weighted by molar-refractivity contribution is 7.65. The number of carbonyl (C=O) groups is 1. The molecule has 0 aliphatic heterocycles. The molecule has 1 unspecified atom stereocenters. The highest BCUT2D eigenvalue weighted by atomic mass is 31.2. The van der Waals surface area contributed by atoms with E-state index in [1.807, 2.05) is 42.5 Å². The Bertz CT molecular complexity index is 980. The molecule has 26 heavy (non-hydrogen) atoms. The minimum Gasteiger partial charge on any atom is -0.397 e. The standard InChI is InChI=1S/C20H19N2O3P/c1-26(24,25)17-10-7-15(8-11-17)20(23)22-19-13-16(9-12-18(19)21)14-5-3-2-4-6-14/h2-13H,21H2,1H3,(H,22,23)(H,24,25). The first-order valence-electron chi connectivity index (χ1n) is 8.02. The lowest BCUT2D eigenvalue weighted by Crippen LogP contribution is -2.14. The summed E-state index contributed by atoms with van der Waals surface area (Å²) in [7, 11) is -3.33. The van der Waals surface area contributed by atoms with Crippen molar-refractivity contribution in [2.45, 2.75) is 0 Å². The van der Waals surface area contributed by atoms with E-state index in [9.17, 15) is 14.3 Å². The molecule has 4 N–H and O–H groups in total. The van der Waals surface area contributed by atoms with Gasteiger partial charge >= 0.3 is 0 Å². The third-order valence-electron chi connectivity index (χ3n) is 4.02. The topological polar surface area (TPSA) is 92.4 Å². The summed E-state index contributed by atoms with van der Waals surface area (Å²) in [5, 5.41) is 3.10. The smallest absolute Gasteiger partial charge is 0.255 e. The van der Waals surface area contributed by atoms with E-state index in [2.05, 4.69) is 5.32 Å². The molecular weight excluding hydrogens is 347 g/mol. The molecule has 0 aromatic heterocycles. The summed E-state index contributed by atoms with van der Waals surface area (Å²) in [5.41, 5.74) is 9.31. The maximum atomic E-state index is 12.5. The zero-order chi connectivity index (χ0) is 18.7. The Kier molecular flexibility index (Phi) is 4.94. The molecule has 0 saturated carbocycles. The number of nitrogens with two attached hydrogens (primary N) is 1. The van der Waals surface area contributed by atoms with Crippen LogP contribution in [0, 0.1) is 0 Å².